The Bertz CT molecular complexity index is 886. The van der Waals surface area contributed by atoms with Crippen LogP contribution in [0.3, 0.4) is 0 Å². The van der Waals surface area contributed by atoms with E-state index in [-0.39, 0.29) is 24.5 Å². The molecule has 0 aliphatic carbocycles. The van der Waals surface area contributed by atoms with Gasteiger partial charge in [-0.25, -0.2) is 0 Å². The van der Waals surface area contributed by atoms with Gasteiger partial charge in [-0.15, -0.1) is 0 Å². The largest absolute Gasteiger partial charge is 0.502 e. The van der Waals surface area contributed by atoms with Gasteiger partial charge in [0.05, 0.1) is 25.6 Å². The molecule has 1 unspecified atom stereocenters. The molecule has 1 heterocycles. The first kappa shape index (κ1) is 25.5. The Morgan fingerprint density at radius 3 is 2.41 bits per heavy atom. The fourth-order valence-corrected chi connectivity index (χ4v) is 3.49. The number of hydrogen-bond acceptors (Lipinski definition) is 7. The Balaban J connectivity index is 2.14. The topological polar surface area (TPSA) is 106 Å². The number of ether oxygens (including phenoxy) is 2. The van der Waals surface area contributed by atoms with Crippen LogP contribution in [0.2, 0.25) is 0 Å². The molecule has 0 radical (unpaired) electrons. The summed E-state index contributed by atoms with van der Waals surface area (Å²) < 4.78 is 16.4. The number of aromatic hydroxyl groups is 1. The molecule has 0 saturated carbocycles. The van der Waals surface area contributed by atoms with Crippen molar-refractivity contribution in [1.29, 1.82) is 0 Å². The van der Waals surface area contributed by atoms with Crippen molar-refractivity contribution in [2.75, 3.05) is 13.2 Å². The summed E-state index contributed by atoms with van der Waals surface area (Å²) in [5, 5.41) is 19.7. The average Bonchev–Trinajstić information content (AvgIpc) is 2.79. The van der Waals surface area contributed by atoms with E-state index in [1.54, 1.807) is 31.2 Å². The van der Waals surface area contributed by atoms with E-state index in [0.29, 0.717) is 17.9 Å². The van der Waals surface area contributed by atoms with Crippen LogP contribution in [0.15, 0.2) is 39.5 Å². The molecule has 1 atom stereocenters. The number of rotatable bonds is 14. The van der Waals surface area contributed by atoms with E-state index in [2.05, 4.69) is 6.92 Å². The quantitative estimate of drug-likeness (QED) is 0.321. The van der Waals surface area contributed by atoms with Crippen molar-refractivity contribution >= 4 is 5.97 Å². The van der Waals surface area contributed by atoms with Crippen LogP contribution in [0.1, 0.15) is 81.8 Å². The van der Waals surface area contributed by atoms with E-state index in [9.17, 15) is 19.8 Å². The van der Waals surface area contributed by atoms with Gasteiger partial charge in [0.15, 0.2) is 5.76 Å². The standard InChI is InChI=1S/C25H34O7/c1-3-5-6-7-8-9-14-31-19-12-10-18(11-13-19)21(16-23(28)30-4-2)25-24(29)22(27)15-20(17-26)32-25/h10-13,15,21,26,29H,3-9,14,16-17H2,1-2H3. The van der Waals surface area contributed by atoms with Crippen LogP contribution in [-0.4, -0.2) is 29.4 Å². The number of carbonyl (C=O) groups is 1. The average molecular weight is 447 g/mol. The molecule has 0 aliphatic heterocycles. The second kappa shape index (κ2) is 13.6. The molecule has 2 N–H and O–H groups in total. The Labute approximate surface area is 189 Å². The lowest BCUT2D eigenvalue weighted by molar-refractivity contribution is -0.143. The summed E-state index contributed by atoms with van der Waals surface area (Å²) in [6.45, 7) is 4.24. The molecule has 32 heavy (non-hydrogen) atoms. The molecule has 1 aromatic carbocycles. The monoisotopic (exact) mass is 446 g/mol. The molecule has 0 fully saturated rings. The highest BCUT2D eigenvalue weighted by Crippen LogP contribution is 2.34. The van der Waals surface area contributed by atoms with Gasteiger partial charge >= 0.3 is 5.97 Å². The summed E-state index contributed by atoms with van der Waals surface area (Å²) in [5.41, 5.74) is -0.0263. The fourth-order valence-electron chi connectivity index (χ4n) is 3.49. The summed E-state index contributed by atoms with van der Waals surface area (Å²) in [6, 6.07) is 8.14. The minimum Gasteiger partial charge on any atom is -0.502 e. The van der Waals surface area contributed by atoms with Crippen molar-refractivity contribution in [3.63, 3.8) is 0 Å². The van der Waals surface area contributed by atoms with Gasteiger partial charge in [0, 0.05) is 6.07 Å². The highest BCUT2D eigenvalue weighted by molar-refractivity contribution is 5.71. The second-order valence-electron chi connectivity index (χ2n) is 7.69. The zero-order chi connectivity index (χ0) is 23.3. The first-order valence-corrected chi connectivity index (χ1v) is 11.3. The van der Waals surface area contributed by atoms with E-state index in [1.807, 2.05) is 0 Å². The number of carbonyl (C=O) groups excluding carboxylic acids is 1. The third-order valence-electron chi connectivity index (χ3n) is 5.20. The number of benzene rings is 1. The molecule has 0 amide bonds. The molecule has 1 aromatic heterocycles. The zero-order valence-electron chi connectivity index (χ0n) is 19.0. The summed E-state index contributed by atoms with van der Waals surface area (Å²) >= 11 is 0. The number of esters is 1. The lowest BCUT2D eigenvalue weighted by Crippen LogP contribution is -2.15. The van der Waals surface area contributed by atoms with E-state index in [4.69, 9.17) is 13.9 Å². The third-order valence-corrected chi connectivity index (χ3v) is 5.20. The van der Waals surface area contributed by atoms with Gasteiger partial charge in [-0.3, -0.25) is 9.59 Å². The normalized spacial score (nSPS) is 11.8. The van der Waals surface area contributed by atoms with Gasteiger partial charge in [-0.05, 0) is 31.0 Å². The van der Waals surface area contributed by atoms with Crippen molar-refractivity contribution in [2.45, 2.75) is 71.3 Å². The summed E-state index contributed by atoms with van der Waals surface area (Å²) in [4.78, 5) is 24.3. The smallest absolute Gasteiger partial charge is 0.306 e. The number of hydrogen-bond donors (Lipinski definition) is 2. The SMILES string of the molecule is CCCCCCCCOc1ccc(C(CC(=O)OCC)c2oc(CO)cc(=O)c2O)cc1. The van der Waals surface area contributed by atoms with E-state index in [1.165, 1.54) is 25.7 Å². The maximum Gasteiger partial charge on any atom is 0.306 e. The summed E-state index contributed by atoms with van der Waals surface area (Å²) in [7, 11) is 0. The molecule has 0 saturated heterocycles. The number of aliphatic hydroxyl groups is 1. The van der Waals surface area contributed by atoms with Gasteiger partial charge in [0.1, 0.15) is 18.1 Å². The van der Waals surface area contributed by atoms with Gasteiger partial charge < -0.3 is 24.1 Å². The molecular weight excluding hydrogens is 412 g/mol. The van der Waals surface area contributed by atoms with Crippen molar-refractivity contribution in [3.8, 4) is 11.5 Å². The summed E-state index contributed by atoms with van der Waals surface area (Å²) in [6.07, 6.45) is 6.97. The van der Waals surface area contributed by atoms with E-state index >= 15 is 0 Å². The Morgan fingerprint density at radius 1 is 1.06 bits per heavy atom. The highest BCUT2D eigenvalue weighted by Gasteiger charge is 2.26. The van der Waals surface area contributed by atoms with Gasteiger partial charge in [0.2, 0.25) is 11.2 Å². The van der Waals surface area contributed by atoms with Crippen molar-refractivity contribution in [2.24, 2.45) is 0 Å². The Hall–Kier alpha value is -2.80. The zero-order valence-corrected chi connectivity index (χ0v) is 19.0. The van der Waals surface area contributed by atoms with Crippen LogP contribution in [0, 0.1) is 0 Å². The van der Waals surface area contributed by atoms with Crippen LogP contribution < -0.4 is 10.2 Å². The number of unbranched alkanes of at least 4 members (excludes halogenated alkanes) is 5. The molecule has 0 aliphatic rings. The highest BCUT2D eigenvalue weighted by atomic mass is 16.5. The minimum atomic E-state index is -0.749. The van der Waals surface area contributed by atoms with Crippen LogP contribution in [0.5, 0.6) is 11.5 Å². The molecule has 176 valence electrons. The molecule has 0 spiro atoms. The molecule has 2 rings (SSSR count). The maximum atomic E-state index is 12.2. The predicted molar refractivity (Wildman–Crippen MR) is 121 cm³/mol. The van der Waals surface area contributed by atoms with Gasteiger partial charge in [-0.2, -0.15) is 0 Å². The molecule has 7 nitrogen and oxygen atoms in total. The first-order chi connectivity index (χ1) is 15.5. The Kier molecular flexibility index (Phi) is 10.8. The van der Waals surface area contributed by atoms with Crippen LogP contribution >= 0.6 is 0 Å². The number of aliphatic hydroxyl groups excluding tert-OH is 1. The fraction of sp³-hybridized carbons (Fsp3) is 0.520. The van der Waals surface area contributed by atoms with E-state index in [0.717, 1.165) is 18.9 Å². The predicted octanol–water partition coefficient (Wildman–Crippen LogP) is 4.66. The lowest BCUT2D eigenvalue weighted by Gasteiger charge is -2.18. The van der Waals surface area contributed by atoms with Gasteiger partial charge in [-0.1, -0.05) is 51.2 Å². The minimum absolute atomic E-state index is 0.00977. The van der Waals surface area contributed by atoms with Crippen molar-refractivity contribution in [3.05, 3.63) is 57.6 Å². The van der Waals surface area contributed by atoms with E-state index < -0.39 is 29.7 Å². The van der Waals surface area contributed by atoms with Crippen LogP contribution in [0.25, 0.3) is 0 Å². The third kappa shape index (κ3) is 7.71. The summed E-state index contributed by atoms with van der Waals surface area (Å²) in [5.74, 6) is -1.18. The van der Waals surface area contributed by atoms with Crippen LogP contribution in [-0.2, 0) is 16.1 Å². The lowest BCUT2D eigenvalue weighted by atomic mass is 9.92. The van der Waals surface area contributed by atoms with Gasteiger partial charge in [0.25, 0.3) is 0 Å². The maximum absolute atomic E-state index is 12.2. The van der Waals surface area contributed by atoms with Crippen molar-refractivity contribution < 1.29 is 28.9 Å². The second-order valence-corrected chi connectivity index (χ2v) is 7.69. The molecule has 0 bridgehead atoms. The molecule has 7 heteroatoms. The Morgan fingerprint density at radius 2 is 1.75 bits per heavy atom. The van der Waals surface area contributed by atoms with Crippen molar-refractivity contribution in [1.82, 2.24) is 0 Å². The van der Waals surface area contributed by atoms with Crippen LogP contribution in [0.4, 0.5) is 0 Å². The molecular formula is C25H34O7. The first-order valence-electron chi connectivity index (χ1n) is 11.3. The molecule has 2 aromatic rings.